The molecule has 194 valence electrons. The first-order valence-corrected chi connectivity index (χ1v) is 13.1. The van der Waals surface area contributed by atoms with Crippen LogP contribution in [0.3, 0.4) is 0 Å². The van der Waals surface area contributed by atoms with Crippen LogP contribution in [0, 0.1) is 5.92 Å². The van der Waals surface area contributed by atoms with Crippen LogP contribution in [-0.2, 0) is 32.7 Å². The molecule has 1 aliphatic rings. The smallest absolute Gasteiger partial charge is 0.243 e. The lowest BCUT2D eigenvalue weighted by Gasteiger charge is -2.35. The van der Waals surface area contributed by atoms with Crippen LogP contribution >= 0.6 is 0 Å². The number of aliphatic hydroxyl groups excluding tert-OH is 1. The molecule has 0 saturated heterocycles. The van der Waals surface area contributed by atoms with Gasteiger partial charge in [0.1, 0.15) is 5.75 Å². The normalized spacial score (nSPS) is 21.2. The number of nitrogens with zero attached hydrogens (tertiary/aromatic N) is 5. The monoisotopic (exact) mass is 509 g/mol. The van der Waals surface area contributed by atoms with Crippen molar-refractivity contribution in [1.82, 2.24) is 24.2 Å². The molecule has 1 amide bonds. The predicted octanol–water partition coefficient (Wildman–Crippen LogP) is 1.13. The Hall–Kier alpha value is -2.54. The first-order chi connectivity index (χ1) is 16.7. The van der Waals surface area contributed by atoms with E-state index in [2.05, 4.69) is 10.3 Å². The maximum atomic E-state index is 13.3. The summed E-state index contributed by atoms with van der Waals surface area (Å²) in [6.07, 6.45) is 1.98. The van der Waals surface area contributed by atoms with E-state index < -0.39 is 16.1 Å². The number of amides is 1. The SMILES string of the molecule is COc1cccc(S(=O)(=O)N(C)C[C@H]2OCc3cnnn3CCCC(=O)N([C@H](C)CO)C[C@@H]2C)c1. The van der Waals surface area contributed by atoms with Gasteiger partial charge in [-0.15, -0.1) is 5.10 Å². The van der Waals surface area contributed by atoms with Crippen LogP contribution in [-0.4, -0.2) is 89.6 Å². The summed E-state index contributed by atoms with van der Waals surface area (Å²) in [5, 5.41) is 17.8. The fourth-order valence-corrected chi connectivity index (χ4v) is 5.26. The van der Waals surface area contributed by atoms with Crippen molar-refractivity contribution >= 4 is 15.9 Å². The van der Waals surface area contributed by atoms with E-state index in [0.29, 0.717) is 31.7 Å². The molecule has 0 bridgehead atoms. The molecule has 3 rings (SSSR count). The van der Waals surface area contributed by atoms with Gasteiger partial charge in [-0.25, -0.2) is 13.1 Å². The van der Waals surface area contributed by atoms with Gasteiger partial charge in [-0.1, -0.05) is 18.2 Å². The number of likely N-dealkylation sites (N-methyl/N-ethyl adjacent to an activating group) is 1. The minimum atomic E-state index is -3.82. The molecule has 1 N–H and O–H groups in total. The Morgan fingerprint density at radius 2 is 2.14 bits per heavy atom. The van der Waals surface area contributed by atoms with E-state index in [0.717, 1.165) is 5.69 Å². The molecule has 35 heavy (non-hydrogen) atoms. The number of aromatic nitrogens is 3. The first-order valence-electron chi connectivity index (χ1n) is 11.7. The number of aryl methyl sites for hydroxylation is 1. The maximum absolute atomic E-state index is 13.3. The lowest BCUT2D eigenvalue weighted by molar-refractivity contribution is -0.136. The van der Waals surface area contributed by atoms with Crippen LogP contribution in [0.1, 0.15) is 32.4 Å². The van der Waals surface area contributed by atoms with Gasteiger partial charge in [0.2, 0.25) is 15.9 Å². The van der Waals surface area contributed by atoms with Gasteiger partial charge >= 0.3 is 0 Å². The van der Waals surface area contributed by atoms with E-state index in [9.17, 15) is 18.3 Å². The Morgan fingerprint density at radius 1 is 1.37 bits per heavy atom. The van der Waals surface area contributed by atoms with Crippen molar-refractivity contribution in [3.8, 4) is 5.75 Å². The number of rotatable bonds is 7. The van der Waals surface area contributed by atoms with Crippen LogP contribution in [0.2, 0.25) is 0 Å². The Bertz CT molecular complexity index is 1090. The molecular weight excluding hydrogens is 474 g/mol. The largest absolute Gasteiger partial charge is 0.497 e. The van der Waals surface area contributed by atoms with E-state index in [1.54, 1.807) is 34.8 Å². The third kappa shape index (κ3) is 6.57. The third-order valence-electron chi connectivity index (χ3n) is 6.33. The molecule has 2 heterocycles. The predicted molar refractivity (Wildman–Crippen MR) is 128 cm³/mol. The first kappa shape index (κ1) is 27.1. The summed E-state index contributed by atoms with van der Waals surface area (Å²) in [7, 11) is -0.829. The van der Waals surface area contributed by atoms with Gasteiger partial charge in [0.25, 0.3) is 0 Å². The molecule has 1 aromatic carbocycles. The van der Waals surface area contributed by atoms with Gasteiger partial charge in [-0.2, -0.15) is 4.31 Å². The average molecular weight is 510 g/mol. The molecule has 2 aromatic rings. The number of sulfonamides is 1. The maximum Gasteiger partial charge on any atom is 0.243 e. The van der Waals surface area contributed by atoms with E-state index >= 15 is 0 Å². The zero-order valence-corrected chi connectivity index (χ0v) is 21.5. The lowest BCUT2D eigenvalue weighted by Crippen LogP contribution is -2.47. The Balaban J connectivity index is 1.87. The zero-order chi connectivity index (χ0) is 25.6. The van der Waals surface area contributed by atoms with Gasteiger partial charge in [-0.05, 0) is 25.5 Å². The van der Waals surface area contributed by atoms with Gasteiger partial charge in [-0.3, -0.25) is 4.79 Å². The van der Waals surface area contributed by atoms with Crippen LogP contribution in [0.15, 0.2) is 35.4 Å². The number of ether oxygens (including phenoxy) is 2. The molecule has 3 atom stereocenters. The zero-order valence-electron chi connectivity index (χ0n) is 20.7. The van der Waals surface area contributed by atoms with Crippen molar-refractivity contribution < 1.29 is 27.8 Å². The Labute approximate surface area is 206 Å². The molecule has 12 heteroatoms. The highest BCUT2D eigenvalue weighted by molar-refractivity contribution is 7.89. The quantitative estimate of drug-likeness (QED) is 0.589. The average Bonchev–Trinajstić information content (AvgIpc) is 3.30. The van der Waals surface area contributed by atoms with Gasteiger partial charge in [0.15, 0.2) is 0 Å². The second-order valence-corrected chi connectivity index (χ2v) is 11.0. The molecule has 0 saturated carbocycles. The number of hydrogen-bond acceptors (Lipinski definition) is 8. The van der Waals surface area contributed by atoms with E-state index in [1.807, 2.05) is 6.92 Å². The van der Waals surface area contributed by atoms with Crippen molar-refractivity contribution in [2.24, 2.45) is 5.92 Å². The second kappa shape index (κ2) is 11.9. The van der Waals surface area contributed by atoms with E-state index in [1.165, 1.54) is 30.6 Å². The molecule has 0 spiro atoms. The molecular formula is C23H35N5O6S. The topological polar surface area (TPSA) is 127 Å². The van der Waals surface area contributed by atoms with Gasteiger partial charge in [0, 0.05) is 45.1 Å². The summed E-state index contributed by atoms with van der Waals surface area (Å²) in [5.74, 6) is 0.152. The van der Waals surface area contributed by atoms with Crippen molar-refractivity contribution in [2.45, 2.75) is 56.9 Å². The number of aliphatic hydroxyl groups is 1. The number of carbonyl (C=O) groups is 1. The van der Waals surface area contributed by atoms with Crippen molar-refractivity contribution in [3.63, 3.8) is 0 Å². The molecule has 1 aromatic heterocycles. The van der Waals surface area contributed by atoms with Crippen LogP contribution < -0.4 is 4.74 Å². The van der Waals surface area contributed by atoms with Gasteiger partial charge in [0.05, 0.1) is 49.3 Å². The van der Waals surface area contributed by atoms with Crippen LogP contribution in [0.5, 0.6) is 5.75 Å². The van der Waals surface area contributed by atoms with Crippen molar-refractivity contribution in [3.05, 3.63) is 36.2 Å². The number of hydrogen-bond donors (Lipinski definition) is 1. The molecule has 0 aliphatic carbocycles. The van der Waals surface area contributed by atoms with Gasteiger partial charge < -0.3 is 19.5 Å². The highest BCUT2D eigenvalue weighted by atomic mass is 32.2. The lowest BCUT2D eigenvalue weighted by atomic mass is 10.0. The number of benzene rings is 1. The standard InChI is InChI=1S/C23H35N5O6S/c1-17-13-27(18(2)15-29)23(30)9-6-10-28-19(12-24-25-28)16-34-22(17)14-26(3)35(31,32)21-8-5-7-20(11-21)33-4/h5,7-8,11-12,17-18,22,29H,6,9-10,13-16H2,1-4H3/t17-,18+,22+/m0/s1. The van der Waals surface area contributed by atoms with E-state index in [-0.39, 0.29) is 42.5 Å². The number of methoxy groups -OCH3 is 1. The molecule has 1 aliphatic heterocycles. The third-order valence-corrected chi connectivity index (χ3v) is 8.15. The van der Waals surface area contributed by atoms with Crippen molar-refractivity contribution in [1.29, 1.82) is 0 Å². The summed E-state index contributed by atoms with van der Waals surface area (Å²) in [6.45, 7) is 4.66. The molecule has 0 unspecified atom stereocenters. The minimum absolute atomic E-state index is 0.0673. The second-order valence-electron chi connectivity index (χ2n) is 8.92. The molecule has 0 fully saturated rings. The molecule has 11 nitrogen and oxygen atoms in total. The summed E-state index contributed by atoms with van der Waals surface area (Å²) in [6, 6.07) is 5.94. The highest BCUT2D eigenvalue weighted by Crippen LogP contribution is 2.23. The van der Waals surface area contributed by atoms with Crippen LogP contribution in [0.4, 0.5) is 0 Å². The fourth-order valence-electron chi connectivity index (χ4n) is 4.04. The fraction of sp³-hybridized carbons (Fsp3) is 0.609. The number of carbonyl (C=O) groups excluding carboxylic acids is 1. The summed E-state index contributed by atoms with van der Waals surface area (Å²) >= 11 is 0. The molecule has 0 radical (unpaired) electrons. The highest BCUT2D eigenvalue weighted by Gasteiger charge is 2.31. The van der Waals surface area contributed by atoms with Crippen LogP contribution in [0.25, 0.3) is 0 Å². The van der Waals surface area contributed by atoms with Crippen molar-refractivity contribution in [2.75, 3.05) is 33.9 Å². The van der Waals surface area contributed by atoms with E-state index in [4.69, 9.17) is 9.47 Å². The summed E-state index contributed by atoms with van der Waals surface area (Å²) in [5.41, 5.74) is 0.758. The Morgan fingerprint density at radius 3 is 2.86 bits per heavy atom. The summed E-state index contributed by atoms with van der Waals surface area (Å²) < 4.78 is 40.9. The summed E-state index contributed by atoms with van der Waals surface area (Å²) in [4.78, 5) is 14.7. The number of fused-ring (bicyclic) bond motifs is 1. The Kier molecular flexibility index (Phi) is 9.22. The minimum Gasteiger partial charge on any atom is -0.497 e.